The number of aliphatic hydroxyl groups is 3. The van der Waals surface area contributed by atoms with E-state index in [-0.39, 0.29) is 24.0 Å². The number of hydrogen-bond acceptors (Lipinski definition) is 5. The number of allylic oxidation sites excluding steroid dienone is 1. The molecule has 0 radical (unpaired) electrons. The van der Waals surface area contributed by atoms with Crippen LogP contribution in [0.25, 0.3) is 0 Å². The zero-order chi connectivity index (χ0) is 15.0. The molecule has 20 heavy (non-hydrogen) atoms. The second-order valence-corrected chi connectivity index (χ2v) is 7.29. The van der Waals surface area contributed by atoms with Crippen molar-refractivity contribution in [2.45, 2.75) is 57.0 Å². The summed E-state index contributed by atoms with van der Waals surface area (Å²) < 4.78 is 5.75. The van der Waals surface area contributed by atoms with E-state index in [2.05, 4.69) is 0 Å². The molecule has 0 amide bonds. The fraction of sp³-hybridized carbons (Fsp3) is 0.800. The molecular formula is C15H22O5. The first kappa shape index (κ1) is 14.2. The zero-order valence-electron chi connectivity index (χ0n) is 12.1. The van der Waals surface area contributed by atoms with Crippen molar-refractivity contribution < 1.29 is 24.9 Å². The van der Waals surface area contributed by atoms with Crippen LogP contribution in [0.1, 0.15) is 40.0 Å². The Morgan fingerprint density at radius 1 is 1.25 bits per heavy atom. The summed E-state index contributed by atoms with van der Waals surface area (Å²) in [6.45, 7) is 5.15. The maximum absolute atomic E-state index is 12.4. The summed E-state index contributed by atoms with van der Waals surface area (Å²) in [5, 5.41) is 30.7. The Bertz CT molecular complexity index is 512. The van der Waals surface area contributed by atoms with Crippen molar-refractivity contribution in [2.75, 3.05) is 6.61 Å². The van der Waals surface area contributed by atoms with E-state index in [1.54, 1.807) is 6.92 Å². The minimum atomic E-state index is -1.88. The van der Waals surface area contributed by atoms with Gasteiger partial charge in [-0.2, -0.15) is 0 Å². The average Bonchev–Trinajstić information content (AvgIpc) is 2.60. The van der Waals surface area contributed by atoms with E-state index in [0.29, 0.717) is 6.42 Å². The van der Waals surface area contributed by atoms with Gasteiger partial charge < -0.3 is 20.1 Å². The highest BCUT2D eigenvalue weighted by Gasteiger charge is 2.77. The number of rotatable bonds is 1. The Morgan fingerprint density at radius 3 is 2.50 bits per heavy atom. The van der Waals surface area contributed by atoms with Crippen LogP contribution in [-0.4, -0.2) is 44.7 Å². The van der Waals surface area contributed by atoms with E-state index in [4.69, 9.17) is 4.74 Å². The maximum atomic E-state index is 12.4. The Hall–Kier alpha value is -0.750. The van der Waals surface area contributed by atoms with Crippen molar-refractivity contribution in [1.82, 2.24) is 0 Å². The third-order valence-corrected chi connectivity index (χ3v) is 6.14. The SMILES string of the molecule is CC1(C)C=CC(=O)C2(C)OC3(O)CC12CCC3(O)CO. The predicted molar refractivity (Wildman–Crippen MR) is 70.7 cm³/mol. The molecule has 5 heteroatoms. The Kier molecular flexibility index (Phi) is 2.50. The molecule has 1 saturated heterocycles. The van der Waals surface area contributed by atoms with Crippen LogP contribution >= 0.6 is 0 Å². The van der Waals surface area contributed by atoms with Gasteiger partial charge in [0.1, 0.15) is 11.2 Å². The molecule has 1 saturated carbocycles. The molecule has 3 N–H and O–H groups in total. The van der Waals surface area contributed by atoms with Crippen LogP contribution in [0.3, 0.4) is 0 Å². The van der Waals surface area contributed by atoms with Gasteiger partial charge >= 0.3 is 0 Å². The molecule has 2 fully saturated rings. The Balaban J connectivity index is 2.20. The van der Waals surface area contributed by atoms with Crippen molar-refractivity contribution >= 4 is 5.78 Å². The minimum Gasteiger partial charge on any atom is -0.393 e. The van der Waals surface area contributed by atoms with Crippen molar-refractivity contribution in [3.63, 3.8) is 0 Å². The second kappa shape index (κ2) is 3.53. The van der Waals surface area contributed by atoms with Crippen LogP contribution in [0, 0.1) is 10.8 Å². The molecule has 5 nitrogen and oxygen atoms in total. The van der Waals surface area contributed by atoms with Gasteiger partial charge in [-0.1, -0.05) is 19.9 Å². The number of hydrogen-bond donors (Lipinski definition) is 3. The summed E-state index contributed by atoms with van der Waals surface area (Å²) in [5.41, 5.74) is -3.78. The van der Waals surface area contributed by atoms with Gasteiger partial charge in [0, 0.05) is 11.8 Å². The quantitative estimate of drug-likeness (QED) is 0.653. The molecule has 2 aliphatic carbocycles. The standard InChI is InChI=1S/C15H22O5/c1-11(2)5-4-10(17)12(3)13(11)6-7-14(18,9-16)15(19,8-13)20-12/h4-5,16,18-19H,6-9H2,1-3H3. The molecule has 112 valence electrons. The van der Waals surface area contributed by atoms with E-state index in [1.165, 1.54) is 6.08 Å². The molecule has 0 aromatic heterocycles. The van der Waals surface area contributed by atoms with Crippen LogP contribution < -0.4 is 0 Å². The number of carbonyl (C=O) groups is 1. The van der Waals surface area contributed by atoms with E-state index in [1.807, 2.05) is 19.9 Å². The van der Waals surface area contributed by atoms with E-state index in [0.717, 1.165) is 0 Å². The molecule has 0 aromatic carbocycles. The lowest BCUT2D eigenvalue weighted by atomic mass is 9.48. The van der Waals surface area contributed by atoms with Gasteiger partial charge in [0.2, 0.25) is 0 Å². The van der Waals surface area contributed by atoms with Gasteiger partial charge in [0.05, 0.1) is 6.61 Å². The lowest BCUT2D eigenvalue weighted by molar-refractivity contribution is -0.308. The summed E-state index contributed by atoms with van der Waals surface area (Å²) in [7, 11) is 0. The first-order valence-corrected chi connectivity index (χ1v) is 7.05. The number of ketones is 1. The molecule has 3 rings (SSSR count). The molecule has 1 heterocycles. The fourth-order valence-electron chi connectivity index (χ4n) is 4.51. The lowest BCUT2D eigenvalue weighted by Crippen LogP contribution is -2.61. The molecule has 4 unspecified atom stereocenters. The number of ether oxygens (including phenoxy) is 1. The highest BCUT2D eigenvalue weighted by atomic mass is 16.7. The van der Waals surface area contributed by atoms with Crippen LogP contribution in [-0.2, 0) is 9.53 Å². The third kappa shape index (κ3) is 1.25. The first-order valence-electron chi connectivity index (χ1n) is 7.05. The van der Waals surface area contributed by atoms with Crippen LogP contribution in [0.15, 0.2) is 12.2 Å². The summed E-state index contributed by atoms with van der Waals surface area (Å²) in [4.78, 5) is 12.4. The van der Waals surface area contributed by atoms with Crippen molar-refractivity contribution in [3.8, 4) is 0 Å². The second-order valence-electron chi connectivity index (χ2n) is 7.29. The van der Waals surface area contributed by atoms with Gasteiger partial charge in [-0.3, -0.25) is 4.79 Å². The van der Waals surface area contributed by atoms with Crippen LogP contribution in [0.2, 0.25) is 0 Å². The summed E-state index contributed by atoms with van der Waals surface area (Å²) in [6.07, 6.45) is 4.26. The molecule has 1 spiro atoms. The number of fused-ring (bicyclic) bond motifs is 1. The van der Waals surface area contributed by atoms with Crippen LogP contribution in [0.5, 0.6) is 0 Å². The molecule has 2 bridgehead atoms. The zero-order valence-corrected chi connectivity index (χ0v) is 12.1. The van der Waals surface area contributed by atoms with Gasteiger partial charge in [0.15, 0.2) is 11.6 Å². The monoisotopic (exact) mass is 282 g/mol. The van der Waals surface area contributed by atoms with Gasteiger partial charge in [0.25, 0.3) is 0 Å². The van der Waals surface area contributed by atoms with Crippen molar-refractivity contribution in [2.24, 2.45) is 10.8 Å². The summed E-state index contributed by atoms with van der Waals surface area (Å²) >= 11 is 0. The van der Waals surface area contributed by atoms with Crippen molar-refractivity contribution in [1.29, 1.82) is 0 Å². The smallest absolute Gasteiger partial charge is 0.199 e. The highest BCUT2D eigenvalue weighted by Crippen LogP contribution is 2.69. The summed E-state index contributed by atoms with van der Waals surface area (Å²) in [6, 6.07) is 0. The lowest BCUT2D eigenvalue weighted by Gasteiger charge is -2.54. The Labute approximate surface area is 118 Å². The molecule has 1 aliphatic heterocycles. The van der Waals surface area contributed by atoms with E-state index >= 15 is 0 Å². The van der Waals surface area contributed by atoms with E-state index < -0.39 is 29.0 Å². The minimum absolute atomic E-state index is 0.149. The third-order valence-electron chi connectivity index (χ3n) is 6.14. The fourth-order valence-corrected chi connectivity index (χ4v) is 4.51. The highest BCUT2D eigenvalue weighted by molar-refractivity contribution is 5.99. The van der Waals surface area contributed by atoms with Gasteiger partial charge in [-0.05, 0) is 31.3 Å². The van der Waals surface area contributed by atoms with Gasteiger partial charge in [-0.25, -0.2) is 0 Å². The van der Waals surface area contributed by atoms with Crippen molar-refractivity contribution in [3.05, 3.63) is 12.2 Å². The maximum Gasteiger partial charge on any atom is 0.199 e. The summed E-state index contributed by atoms with van der Waals surface area (Å²) in [5.74, 6) is -2.07. The van der Waals surface area contributed by atoms with Crippen LogP contribution in [0.4, 0.5) is 0 Å². The van der Waals surface area contributed by atoms with Gasteiger partial charge in [-0.15, -0.1) is 0 Å². The van der Waals surface area contributed by atoms with E-state index in [9.17, 15) is 20.1 Å². The largest absolute Gasteiger partial charge is 0.393 e. The average molecular weight is 282 g/mol. The topological polar surface area (TPSA) is 87.0 Å². The number of aliphatic hydroxyl groups excluding tert-OH is 1. The predicted octanol–water partition coefficient (Wildman–Crippen LogP) is 0.523. The molecule has 0 aromatic rings. The number of carbonyl (C=O) groups excluding carboxylic acids is 1. The Morgan fingerprint density at radius 2 is 1.90 bits per heavy atom. The normalized spacial score (nSPS) is 53.0. The molecule has 3 aliphatic rings. The first-order chi connectivity index (χ1) is 9.06. The molecular weight excluding hydrogens is 260 g/mol. The molecule has 4 atom stereocenters.